The molecular weight excluding hydrogens is 182 g/mol. The molecule has 2 N–H and O–H groups in total. The Bertz CT molecular complexity index is 346. The molecule has 2 heterocycles. The lowest BCUT2D eigenvalue weighted by Crippen LogP contribution is -2.25. The Labute approximate surface area is 81.8 Å². The quantitative estimate of drug-likeness (QED) is 0.710. The van der Waals surface area contributed by atoms with Gasteiger partial charge in [-0.2, -0.15) is 5.10 Å². The van der Waals surface area contributed by atoms with Crippen molar-refractivity contribution in [3.05, 3.63) is 17.0 Å². The van der Waals surface area contributed by atoms with E-state index in [0.29, 0.717) is 25.5 Å². The molecule has 5 heteroatoms. The van der Waals surface area contributed by atoms with Gasteiger partial charge in [-0.05, 0) is 6.92 Å². The molecule has 5 nitrogen and oxygen atoms in total. The molecule has 1 aromatic heterocycles. The number of carbonyl (C=O) groups excluding carboxylic acids is 1. The van der Waals surface area contributed by atoms with Gasteiger partial charge in [-0.15, -0.1) is 0 Å². The Hall–Kier alpha value is -1.36. The number of rotatable bonds is 2. The summed E-state index contributed by atoms with van der Waals surface area (Å²) in [7, 11) is 0. The van der Waals surface area contributed by atoms with Crippen LogP contribution < -0.4 is 5.32 Å². The van der Waals surface area contributed by atoms with E-state index in [4.69, 9.17) is 4.74 Å². The molecule has 0 spiro atoms. The Morgan fingerprint density at radius 1 is 1.71 bits per heavy atom. The number of aromatic nitrogens is 2. The lowest BCUT2D eigenvalue weighted by atomic mass is 10.1. The fraction of sp³-hybridized carbons (Fsp3) is 0.556. The minimum atomic E-state index is -0.129. The maximum Gasteiger partial charge on any atom is 0.272 e. The third-order valence-electron chi connectivity index (χ3n) is 2.25. The summed E-state index contributed by atoms with van der Waals surface area (Å²) in [6.07, 6.45) is 0.807. The van der Waals surface area contributed by atoms with Crippen molar-refractivity contribution in [3.8, 4) is 0 Å². The predicted molar refractivity (Wildman–Crippen MR) is 50.0 cm³/mol. The van der Waals surface area contributed by atoms with Gasteiger partial charge in [0.2, 0.25) is 0 Å². The molecule has 14 heavy (non-hydrogen) atoms. The number of H-pyrrole nitrogens is 1. The normalized spacial score (nSPS) is 14.9. The molecular formula is C9H13N3O2. The van der Waals surface area contributed by atoms with E-state index in [-0.39, 0.29) is 5.91 Å². The number of ether oxygens (including phenoxy) is 1. The van der Waals surface area contributed by atoms with Crippen molar-refractivity contribution in [3.63, 3.8) is 0 Å². The van der Waals surface area contributed by atoms with Crippen LogP contribution in [0.2, 0.25) is 0 Å². The summed E-state index contributed by atoms with van der Waals surface area (Å²) in [6, 6.07) is 0. The van der Waals surface area contributed by atoms with Crippen LogP contribution in [0.4, 0.5) is 0 Å². The van der Waals surface area contributed by atoms with Gasteiger partial charge in [0.25, 0.3) is 5.91 Å². The second-order valence-electron chi connectivity index (χ2n) is 3.19. The number of hydrogen-bond acceptors (Lipinski definition) is 3. The molecule has 0 bridgehead atoms. The van der Waals surface area contributed by atoms with Gasteiger partial charge in [0.05, 0.1) is 13.2 Å². The number of nitrogens with zero attached hydrogens (tertiary/aromatic N) is 1. The van der Waals surface area contributed by atoms with Crippen LogP contribution >= 0.6 is 0 Å². The smallest absolute Gasteiger partial charge is 0.272 e. The van der Waals surface area contributed by atoms with Crippen molar-refractivity contribution in [2.75, 3.05) is 13.2 Å². The van der Waals surface area contributed by atoms with Gasteiger partial charge in [-0.3, -0.25) is 9.89 Å². The van der Waals surface area contributed by atoms with Gasteiger partial charge in [0.15, 0.2) is 5.69 Å². The van der Waals surface area contributed by atoms with Gasteiger partial charge >= 0.3 is 0 Å². The van der Waals surface area contributed by atoms with Crippen LogP contribution in [0.25, 0.3) is 0 Å². The van der Waals surface area contributed by atoms with Crippen molar-refractivity contribution in [2.45, 2.75) is 20.0 Å². The molecule has 0 saturated carbocycles. The number of carbonyl (C=O) groups is 1. The number of hydrogen-bond donors (Lipinski definition) is 2. The molecule has 0 radical (unpaired) electrons. The summed E-state index contributed by atoms with van der Waals surface area (Å²) in [5.41, 5.74) is 2.40. The van der Waals surface area contributed by atoms with Crippen LogP contribution in [0.15, 0.2) is 0 Å². The zero-order valence-corrected chi connectivity index (χ0v) is 8.09. The highest BCUT2D eigenvalue weighted by Crippen LogP contribution is 2.17. The fourth-order valence-corrected chi connectivity index (χ4v) is 1.54. The molecule has 1 amide bonds. The van der Waals surface area contributed by atoms with Crippen LogP contribution in [-0.4, -0.2) is 29.3 Å². The molecule has 76 valence electrons. The number of nitrogens with one attached hydrogen (secondary N) is 2. The average Bonchev–Trinajstić information content (AvgIpc) is 2.61. The lowest BCUT2D eigenvalue weighted by molar-refractivity contribution is 0.0927. The second-order valence-corrected chi connectivity index (χ2v) is 3.19. The van der Waals surface area contributed by atoms with E-state index in [2.05, 4.69) is 15.5 Å². The van der Waals surface area contributed by atoms with E-state index < -0.39 is 0 Å². The SMILES string of the molecule is CCNC(=O)c1n[nH]c2c1COCC2. The molecule has 0 atom stereocenters. The predicted octanol–water partition coefficient (Wildman–Crippen LogP) is 0.232. The minimum absolute atomic E-state index is 0.129. The van der Waals surface area contributed by atoms with Gasteiger partial charge in [-0.1, -0.05) is 0 Å². The monoisotopic (exact) mass is 195 g/mol. The zero-order valence-electron chi connectivity index (χ0n) is 8.09. The molecule has 0 fully saturated rings. The van der Waals surface area contributed by atoms with Gasteiger partial charge in [0, 0.05) is 24.2 Å². The first-order valence-electron chi connectivity index (χ1n) is 4.75. The average molecular weight is 195 g/mol. The number of fused-ring (bicyclic) bond motifs is 1. The molecule has 2 rings (SSSR count). The fourth-order valence-electron chi connectivity index (χ4n) is 1.54. The van der Waals surface area contributed by atoms with Crippen molar-refractivity contribution < 1.29 is 9.53 Å². The molecule has 0 aliphatic carbocycles. The summed E-state index contributed by atoms with van der Waals surface area (Å²) < 4.78 is 5.28. The molecule has 0 unspecified atom stereocenters. The van der Waals surface area contributed by atoms with Crippen LogP contribution in [0.1, 0.15) is 28.7 Å². The summed E-state index contributed by atoms with van der Waals surface area (Å²) in [4.78, 5) is 11.5. The largest absolute Gasteiger partial charge is 0.376 e. The van der Waals surface area contributed by atoms with E-state index in [1.807, 2.05) is 6.92 Å². The van der Waals surface area contributed by atoms with Crippen LogP contribution in [0, 0.1) is 0 Å². The Morgan fingerprint density at radius 2 is 2.57 bits per heavy atom. The van der Waals surface area contributed by atoms with Gasteiger partial charge in [0.1, 0.15) is 0 Å². The first kappa shape index (κ1) is 9.21. The van der Waals surface area contributed by atoms with Crippen LogP contribution in [0.3, 0.4) is 0 Å². The molecule has 1 aliphatic rings. The van der Waals surface area contributed by atoms with Crippen LogP contribution in [-0.2, 0) is 17.8 Å². The summed E-state index contributed by atoms with van der Waals surface area (Å²) in [5, 5.41) is 9.60. The third kappa shape index (κ3) is 1.50. The molecule has 0 aromatic carbocycles. The first-order chi connectivity index (χ1) is 6.83. The van der Waals surface area contributed by atoms with Crippen molar-refractivity contribution in [1.82, 2.24) is 15.5 Å². The van der Waals surface area contributed by atoms with Crippen LogP contribution in [0.5, 0.6) is 0 Å². The number of aromatic amines is 1. The third-order valence-corrected chi connectivity index (χ3v) is 2.25. The van der Waals surface area contributed by atoms with Gasteiger partial charge < -0.3 is 10.1 Å². The first-order valence-corrected chi connectivity index (χ1v) is 4.75. The topological polar surface area (TPSA) is 67.0 Å². The second kappa shape index (κ2) is 3.79. The lowest BCUT2D eigenvalue weighted by Gasteiger charge is -2.11. The van der Waals surface area contributed by atoms with Gasteiger partial charge in [-0.25, -0.2) is 0 Å². The maximum atomic E-state index is 11.5. The number of amides is 1. The zero-order chi connectivity index (χ0) is 9.97. The summed E-state index contributed by atoms with van der Waals surface area (Å²) in [5.74, 6) is -0.129. The Balaban J connectivity index is 2.25. The summed E-state index contributed by atoms with van der Waals surface area (Å²) >= 11 is 0. The van der Waals surface area contributed by atoms with Crippen molar-refractivity contribution in [2.24, 2.45) is 0 Å². The van der Waals surface area contributed by atoms with E-state index in [1.54, 1.807) is 0 Å². The van der Waals surface area contributed by atoms with E-state index in [9.17, 15) is 4.79 Å². The summed E-state index contributed by atoms with van der Waals surface area (Å²) in [6.45, 7) is 3.68. The molecule has 0 saturated heterocycles. The van der Waals surface area contributed by atoms with E-state index >= 15 is 0 Å². The highest BCUT2D eigenvalue weighted by Gasteiger charge is 2.21. The Morgan fingerprint density at radius 3 is 3.36 bits per heavy atom. The highest BCUT2D eigenvalue weighted by molar-refractivity contribution is 5.93. The minimum Gasteiger partial charge on any atom is -0.376 e. The molecule has 1 aliphatic heterocycles. The standard InChI is InChI=1S/C9H13N3O2/c1-2-10-9(13)8-6-5-14-4-3-7(6)11-12-8/h2-5H2,1H3,(H,10,13)(H,11,12). The van der Waals surface area contributed by atoms with Crippen molar-refractivity contribution in [1.29, 1.82) is 0 Å². The van der Waals surface area contributed by atoms with E-state index in [1.165, 1.54) is 0 Å². The van der Waals surface area contributed by atoms with E-state index in [0.717, 1.165) is 17.7 Å². The van der Waals surface area contributed by atoms with Crippen molar-refractivity contribution >= 4 is 5.91 Å². The highest BCUT2D eigenvalue weighted by atomic mass is 16.5. The molecule has 1 aromatic rings. The Kier molecular flexibility index (Phi) is 2.49. The maximum absolute atomic E-state index is 11.5.